The summed E-state index contributed by atoms with van der Waals surface area (Å²) in [5.74, 6) is -2.11. The van der Waals surface area contributed by atoms with Gasteiger partial charge in [0.1, 0.15) is 5.60 Å². The van der Waals surface area contributed by atoms with Crippen molar-refractivity contribution in [2.75, 3.05) is 26.2 Å². The van der Waals surface area contributed by atoms with Crippen LogP contribution in [0.4, 0.5) is 13.2 Å². The molecule has 6 nitrogen and oxygen atoms in total. The minimum absolute atomic E-state index is 0.00995. The molecule has 0 aromatic carbocycles. The number of thiophene rings is 1. The summed E-state index contributed by atoms with van der Waals surface area (Å²) in [4.78, 5) is 24.9. The number of halogens is 3. The normalized spacial score (nSPS) is 24.4. The SMILES string of the molecule is CC(C)CN1CCOC2(CCCCC2NC(=O)/C=C/c2cccs2)C1.O=C(O)C(F)(F)F. The summed E-state index contributed by atoms with van der Waals surface area (Å²) in [6.07, 6.45) is 2.86. The highest BCUT2D eigenvalue weighted by molar-refractivity contribution is 7.10. The monoisotopic (exact) mass is 476 g/mol. The Labute approximate surface area is 190 Å². The average Bonchev–Trinajstić information content (AvgIpc) is 3.21. The van der Waals surface area contributed by atoms with Crippen LogP contribution in [0.15, 0.2) is 23.6 Å². The largest absolute Gasteiger partial charge is 0.490 e. The average molecular weight is 477 g/mol. The quantitative estimate of drug-likeness (QED) is 0.624. The topological polar surface area (TPSA) is 78.9 Å². The Balaban J connectivity index is 0.000000451. The molecule has 2 aliphatic rings. The third kappa shape index (κ3) is 8.22. The Morgan fingerprint density at radius 2 is 2.12 bits per heavy atom. The molecule has 1 aromatic rings. The van der Waals surface area contributed by atoms with E-state index in [4.69, 9.17) is 14.6 Å². The van der Waals surface area contributed by atoms with Crippen LogP contribution in [0.1, 0.15) is 44.4 Å². The molecule has 1 aliphatic carbocycles. The van der Waals surface area contributed by atoms with Crippen molar-refractivity contribution in [1.82, 2.24) is 10.2 Å². The van der Waals surface area contributed by atoms with E-state index in [0.717, 1.165) is 50.4 Å². The fourth-order valence-electron chi connectivity index (χ4n) is 4.09. The number of nitrogens with one attached hydrogen (secondary N) is 1. The van der Waals surface area contributed by atoms with Crippen LogP contribution in [-0.4, -0.2) is 65.9 Å². The zero-order chi connectivity index (χ0) is 23.8. The second-order valence-corrected chi connectivity index (χ2v) is 9.48. The molecule has 2 heterocycles. The lowest BCUT2D eigenvalue weighted by Gasteiger charge is -2.50. The molecule has 1 saturated carbocycles. The number of hydrogen-bond donors (Lipinski definition) is 2. The molecule has 1 amide bonds. The summed E-state index contributed by atoms with van der Waals surface area (Å²) in [6, 6.07) is 4.12. The highest BCUT2D eigenvalue weighted by atomic mass is 32.1. The molecule has 1 aliphatic heterocycles. The third-order valence-electron chi connectivity index (χ3n) is 5.39. The van der Waals surface area contributed by atoms with Gasteiger partial charge in [-0.05, 0) is 36.3 Å². The Morgan fingerprint density at radius 1 is 1.41 bits per heavy atom. The van der Waals surface area contributed by atoms with Crippen LogP contribution in [0.2, 0.25) is 0 Å². The maximum atomic E-state index is 12.4. The van der Waals surface area contributed by atoms with Crippen molar-refractivity contribution >= 4 is 29.3 Å². The minimum atomic E-state index is -5.08. The van der Waals surface area contributed by atoms with Gasteiger partial charge in [0.05, 0.1) is 12.6 Å². The van der Waals surface area contributed by atoms with Crippen LogP contribution in [0, 0.1) is 5.92 Å². The van der Waals surface area contributed by atoms with Crippen LogP contribution in [0.5, 0.6) is 0 Å². The number of alkyl halides is 3. The maximum Gasteiger partial charge on any atom is 0.490 e. The Kier molecular flexibility index (Phi) is 9.72. The number of carbonyl (C=O) groups excluding carboxylic acids is 1. The summed E-state index contributed by atoms with van der Waals surface area (Å²) < 4.78 is 38.0. The van der Waals surface area contributed by atoms with Crippen molar-refractivity contribution in [1.29, 1.82) is 0 Å². The number of amides is 1. The van der Waals surface area contributed by atoms with E-state index in [-0.39, 0.29) is 17.6 Å². The highest BCUT2D eigenvalue weighted by Crippen LogP contribution is 2.35. The number of aliphatic carboxylic acids is 1. The van der Waals surface area contributed by atoms with Crippen LogP contribution < -0.4 is 5.32 Å². The summed E-state index contributed by atoms with van der Waals surface area (Å²) in [6.45, 7) is 8.33. The lowest BCUT2D eigenvalue weighted by molar-refractivity contribution is -0.192. The van der Waals surface area contributed by atoms with Gasteiger partial charge in [0.2, 0.25) is 5.91 Å². The number of morpholine rings is 1. The van der Waals surface area contributed by atoms with Gasteiger partial charge in [-0.15, -0.1) is 11.3 Å². The number of carboxylic acid groups (broad SMARTS) is 1. The van der Waals surface area contributed by atoms with Crippen LogP contribution in [-0.2, 0) is 14.3 Å². The molecule has 2 atom stereocenters. The molecule has 2 N–H and O–H groups in total. The molecule has 32 heavy (non-hydrogen) atoms. The molecule has 2 unspecified atom stereocenters. The van der Waals surface area contributed by atoms with E-state index in [1.165, 1.54) is 6.42 Å². The van der Waals surface area contributed by atoms with Crippen molar-refractivity contribution in [2.45, 2.75) is 57.3 Å². The van der Waals surface area contributed by atoms with Crippen molar-refractivity contribution < 1.29 is 32.6 Å². The molecule has 1 spiro atoms. The fraction of sp³-hybridized carbons (Fsp3) is 0.636. The molecule has 0 bridgehead atoms. The van der Waals surface area contributed by atoms with E-state index < -0.39 is 12.1 Å². The van der Waals surface area contributed by atoms with Crippen molar-refractivity contribution in [3.63, 3.8) is 0 Å². The predicted molar refractivity (Wildman–Crippen MR) is 117 cm³/mol. The number of ether oxygens (including phenoxy) is 1. The van der Waals surface area contributed by atoms with Gasteiger partial charge in [0.15, 0.2) is 0 Å². The van der Waals surface area contributed by atoms with Gasteiger partial charge in [-0.2, -0.15) is 13.2 Å². The lowest BCUT2D eigenvalue weighted by atomic mass is 9.78. The zero-order valence-electron chi connectivity index (χ0n) is 18.4. The van der Waals surface area contributed by atoms with E-state index in [2.05, 4.69) is 24.1 Å². The first-order chi connectivity index (χ1) is 15.0. The van der Waals surface area contributed by atoms with E-state index in [0.29, 0.717) is 5.92 Å². The van der Waals surface area contributed by atoms with Crippen molar-refractivity contribution in [2.24, 2.45) is 5.92 Å². The first-order valence-corrected chi connectivity index (χ1v) is 11.6. The van der Waals surface area contributed by atoms with Crippen LogP contribution in [0.3, 0.4) is 0 Å². The summed E-state index contributed by atoms with van der Waals surface area (Å²) >= 11 is 1.64. The number of rotatable bonds is 5. The summed E-state index contributed by atoms with van der Waals surface area (Å²) in [5, 5.41) is 12.4. The molecule has 2 fully saturated rings. The molecule has 10 heteroatoms. The third-order valence-corrected chi connectivity index (χ3v) is 6.23. The Bertz CT molecular complexity index is 764. The second-order valence-electron chi connectivity index (χ2n) is 8.50. The van der Waals surface area contributed by atoms with Crippen LogP contribution in [0.25, 0.3) is 6.08 Å². The lowest BCUT2D eigenvalue weighted by Crippen LogP contribution is -2.64. The molecule has 1 aromatic heterocycles. The molecular weight excluding hydrogens is 445 g/mol. The molecule has 180 valence electrons. The zero-order valence-corrected chi connectivity index (χ0v) is 19.2. The van der Waals surface area contributed by atoms with Gasteiger partial charge < -0.3 is 15.2 Å². The molecule has 1 saturated heterocycles. The number of nitrogens with zero attached hydrogens (tertiary/aromatic N) is 1. The fourth-order valence-corrected chi connectivity index (χ4v) is 4.71. The van der Waals surface area contributed by atoms with E-state index in [1.54, 1.807) is 17.4 Å². The van der Waals surface area contributed by atoms with Crippen LogP contribution >= 0.6 is 11.3 Å². The predicted octanol–water partition coefficient (Wildman–Crippen LogP) is 4.18. The molecule has 0 radical (unpaired) electrons. The molecule has 3 rings (SSSR count). The minimum Gasteiger partial charge on any atom is -0.475 e. The van der Waals surface area contributed by atoms with Gasteiger partial charge in [-0.25, -0.2) is 4.79 Å². The van der Waals surface area contributed by atoms with Gasteiger partial charge in [0.25, 0.3) is 0 Å². The standard InChI is InChI=1S/C20H30N2O2S.C2HF3O2/c1-16(2)14-22-11-12-24-20(15-22)10-4-3-7-18(20)21-19(23)9-8-17-6-5-13-25-17;3-2(4,5)1(6)7/h5-6,8-9,13,16,18H,3-4,7,10-12,14-15H2,1-2H3,(H,21,23);(H,6,7)/b9-8+;. The van der Waals surface area contributed by atoms with Gasteiger partial charge in [-0.3, -0.25) is 9.69 Å². The number of carbonyl (C=O) groups is 2. The van der Waals surface area contributed by atoms with Gasteiger partial charge >= 0.3 is 12.1 Å². The summed E-state index contributed by atoms with van der Waals surface area (Å²) in [7, 11) is 0. The smallest absolute Gasteiger partial charge is 0.475 e. The second kappa shape index (κ2) is 11.8. The van der Waals surface area contributed by atoms with Gasteiger partial charge in [0, 0.05) is 30.6 Å². The molecular formula is C22H31F3N2O4S. The number of carboxylic acids is 1. The van der Waals surface area contributed by atoms with Crippen molar-refractivity contribution in [3.8, 4) is 0 Å². The Hall–Kier alpha value is -1.91. The van der Waals surface area contributed by atoms with Gasteiger partial charge in [-0.1, -0.05) is 32.8 Å². The highest BCUT2D eigenvalue weighted by Gasteiger charge is 2.45. The van der Waals surface area contributed by atoms with E-state index in [9.17, 15) is 18.0 Å². The Morgan fingerprint density at radius 3 is 2.72 bits per heavy atom. The first-order valence-electron chi connectivity index (χ1n) is 10.7. The first kappa shape index (κ1) is 26.3. The van der Waals surface area contributed by atoms with E-state index in [1.807, 2.05) is 23.6 Å². The van der Waals surface area contributed by atoms with E-state index >= 15 is 0 Å². The maximum absolute atomic E-state index is 12.4. The van der Waals surface area contributed by atoms with Crippen molar-refractivity contribution in [3.05, 3.63) is 28.5 Å². The summed E-state index contributed by atoms with van der Waals surface area (Å²) in [5.41, 5.74) is -0.210. The number of hydrogen-bond acceptors (Lipinski definition) is 5.